The molecule has 1 fully saturated rings. The average molecular weight is 282 g/mol. The molecule has 0 aromatic heterocycles. The van der Waals surface area contributed by atoms with Gasteiger partial charge in [0.2, 0.25) is 10.0 Å². The van der Waals surface area contributed by atoms with Crippen molar-refractivity contribution in [3.8, 4) is 0 Å². The van der Waals surface area contributed by atoms with Gasteiger partial charge < -0.3 is 5.32 Å². The van der Waals surface area contributed by atoms with Crippen LogP contribution >= 0.6 is 0 Å². The van der Waals surface area contributed by atoms with Crippen LogP contribution in [0.3, 0.4) is 0 Å². The molecule has 19 heavy (non-hydrogen) atoms. The molecular formula is C14H22N2O2S. The van der Waals surface area contributed by atoms with Crippen molar-refractivity contribution >= 4 is 15.7 Å². The maximum atomic E-state index is 11.8. The van der Waals surface area contributed by atoms with Gasteiger partial charge in [-0.3, -0.25) is 0 Å². The SMILES string of the molecule is CCNS(=O)(=O)c1ccc(NC2CCCC2C)cc1. The number of benzene rings is 1. The van der Waals surface area contributed by atoms with Crippen LogP contribution in [0.5, 0.6) is 0 Å². The van der Waals surface area contributed by atoms with Gasteiger partial charge >= 0.3 is 0 Å². The van der Waals surface area contributed by atoms with E-state index in [0.29, 0.717) is 23.4 Å². The Balaban J connectivity index is 2.06. The molecule has 0 amide bonds. The molecule has 0 spiro atoms. The summed E-state index contributed by atoms with van der Waals surface area (Å²) in [5.41, 5.74) is 0.995. The lowest BCUT2D eigenvalue weighted by Crippen LogP contribution is -2.23. The topological polar surface area (TPSA) is 58.2 Å². The molecule has 1 aromatic rings. The first-order valence-corrected chi connectivity index (χ1v) is 8.37. The Morgan fingerprint density at radius 3 is 2.42 bits per heavy atom. The summed E-state index contributed by atoms with van der Waals surface area (Å²) in [5.74, 6) is 0.685. The highest BCUT2D eigenvalue weighted by Crippen LogP contribution is 2.28. The fourth-order valence-corrected chi connectivity index (χ4v) is 3.62. The maximum Gasteiger partial charge on any atom is 0.240 e. The highest BCUT2D eigenvalue weighted by molar-refractivity contribution is 7.89. The third-order valence-electron chi connectivity index (χ3n) is 3.71. The summed E-state index contributed by atoms with van der Waals surface area (Å²) in [4.78, 5) is 0.319. The Hall–Kier alpha value is -1.07. The third-order valence-corrected chi connectivity index (χ3v) is 5.27. The molecule has 0 aliphatic heterocycles. The van der Waals surface area contributed by atoms with E-state index in [9.17, 15) is 8.42 Å². The van der Waals surface area contributed by atoms with Crippen LogP contribution in [-0.4, -0.2) is 21.0 Å². The highest BCUT2D eigenvalue weighted by Gasteiger charge is 2.23. The van der Waals surface area contributed by atoms with E-state index in [1.807, 2.05) is 12.1 Å². The van der Waals surface area contributed by atoms with E-state index in [4.69, 9.17) is 0 Å². The molecule has 1 aromatic carbocycles. The molecule has 2 N–H and O–H groups in total. The predicted molar refractivity (Wildman–Crippen MR) is 77.7 cm³/mol. The monoisotopic (exact) mass is 282 g/mol. The van der Waals surface area contributed by atoms with Crippen molar-refractivity contribution in [2.45, 2.75) is 44.0 Å². The molecule has 2 atom stereocenters. The second-order valence-corrected chi connectivity index (χ2v) is 6.95. The number of hydrogen-bond donors (Lipinski definition) is 2. The zero-order valence-electron chi connectivity index (χ0n) is 11.5. The molecule has 0 radical (unpaired) electrons. The standard InChI is InChI=1S/C14H22N2O2S/c1-3-15-19(17,18)13-9-7-12(8-10-13)16-14-6-4-5-11(14)2/h7-11,14-16H,3-6H2,1-2H3. The quantitative estimate of drug-likeness (QED) is 0.872. The van der Waals surface area contributed by atoms with Gasteiger partial charge in [-0.15, -0.1) is 0 Å². The van der Waals surface area contributed by atoms with Gasteiger partial charge in [-0.2, -0.15) is 0 Å². The van der Waals surface area contributed by atoms with Gasteiger partial charge in [0.05, 0.1) is 4.90 Å². The molecule has 2 rings (SSSR count). The van der Waals surface area contributed by atoms with Gasteiger partial charge in [0.1, 0.15) is 0 Å². The first-order valence-electron chi connectivity index (χ1n) is 6.89. The number of rotatable bonds is 5. The Morgan fingerprint density at radius 1 is 1.21 bits per heavy atom. The molecule has 0 heterocycles. The third kappa shape index (κ3) is 3.48. The van der Waals surface area contributed by atoms with E-state index >= 15 is 0 Å². The lowest BCUT2D eigenvalue weighted by Gasteiger charge is -2.18. The molecular weight excluding hydrogens is 260 g/mol. The molecule has 0 bridgehead atoms. The fourth-order valence-electron chi connectivity index (χ4n) is 2.58. The Bertz CT molecular complexity index is 511. The molecule has 5 heteroatoms. The summed E-state index contributed by atoms with van der Waals surface area (Å²) in [7, 11) is -3.34. The molecule has 2 unspecified atom stereocenters. The first-order chi connectivity index (χ1) is 9.03. The molecule has 1 aliphatic carbocycles. The average Bonchev–Trinajstić information content (AvgIpc) is 2.76. The number of anilines is 1. The normalized spacial score (nSPS) is 23.5. The van der Waals surface area contributed by atoms with Crippen LogP contribution in [0.2, 0.25) is 0 Å². The number of nitrogens with one attached hydrogen (secondary N) is 2. The molecule has 106 valence electrons. The fraction of sp³-hybridized carbons (Fsp3) is 0.571. The van der Waals surface area contributed by atoms with Crippen molar-refractivity contribution in [2.75, 3.05) is 11.9 Å². The summed E-state index contributed by atoms with van der Waals surface area (Å²) >= 11 is 0. The van der Waals surface area contributed by atoms with Crippen molar-refractivity contribution in [3.05, 3.63) is 24.3 Å². The van der Waals surface area contributed by atoms with Crippen LogP contribution in [0.25, 0.3) is 0 Å². The maximum absolute atomic E-state index is 11.8. The first kappa shape index (κ1) is 14.3. The summed E-state index contributed by atoms with van der Waals surface area (Å²) in [6.07, 6.45) is 3.73. The van der Waals surface area contributed by atoms with Crippen LogP contribution < -0.4 is 10.0 Å². The number of sulfonamides is 1. The van der Waals surface area contributed by atoms with Crippen LogP contribution in [0.1, 0.15) is 33.1 Å². The predicted octanol–water partition coefficient (Wildman–Crippen LogP) is 2.59. The van der Waals surface area contributed by atoms with E-state index in [2.05, 4.69) is 17.0 Å². The minimum atomic E-state index is -3.34. The summed E-state index contributed by atoms with van der Waals surface area (Å²) < 4.78 is 26.1. The Labute approximate surface area is 115 Å². The lowest BCUT2D eigenvalue weighted by molar-refractivity contribution is 0.556. The van der Waals surface area contributed by atoms with Gasteiger partial charge in [-0.25, -0.2) is 13.1 Å². The van der Waals surface area contributed by atoms with Gasteiger partial charge in [0.25, 0.3) is 0 Å². The van der Waals surface area contributed by atoms with E-state index < -0.39 is 10.0 Å². The largest absolute Gasteiger partial charge is 0.382 e. The summed E-state index contributed by atoms with van der Waals surface area (Å²) in [6.45, 7) is 4.44. The van der Waals surface area contributed by atoms with E-state index in [1.165, 1.54) is 19.3 Å². The summed E-state index contributed by atoms with van der Waals surface area (Å²) in [5, 5.41) is 3.49. The van der Waals surface area contributed by atoms with Crippen LogP contribution in [0.4, 0.5) is 5.69 Å². The van der Waals surface area contributed by atoms with Gasteiger partial charge in [-0.05, 0) is 43.0 Å². The van der Waals surface area contributed by atoms with Crippen LogP contribution in [0.15, 0.2) is 29.2 Å². The van der Waals surface area contributed by atoms with Crippen molar-refractivity contribution in [1.82, 2.24) is 4.72 Å². The highest BCUT2D eigenvalue weighted by atomic mass is 32.2. The van der Waals surface area contributed by atoms with Gasteiger partial charge in [0.15, 0.2) is 0 Å². The van der Waals surface area contributed by atoms with Crippen molar-refractivity contribution in [2.24, 2.45) is 5.92 Å². The second kappa shape index (κ2) is 5.92. The molecule has 4 nitrogen and oxygen atoms in total. The van der Waals surface area contributed by atoms with Gasteiger partial charge in [-0.1, -0.05) is 20.3 Å². The summed E-state index contributed by atoms with van der Waals surface area (Å²) in [6, 6.07) is 7.50. The van der Waals surface area contributed by atoms with E-state index in [0.717, 1.165) is 5.69 Å². The Kier molecular flexibility index (Phi) is 4.47. The molecule has 1 saturated carbocycles. The number of hydrogen-bond acceptors (Lipinski definition) is 3. The van der Waals surface area contributed by atoms with Crippen LogP contribution in [-0.2, 0) is 10.0 Å². The van der Waals surface area contributed by atoms with Crippen molar-refractivity contribution in [3.63, 3.8) is 0 Å². The van der Waals surface area contributed by atoms with E-state index in [1.54, 1.807) is 19.1 Å². The van der Waals surface area contributed by atoms with Gasteiger partial charge in [0, 0.05) is 18.3 Å². The minimum Gasteiger partial charge on any atom is -0.382 e. The van der Waals surface area contributed by atoms with Crippen molar-refractivity contribution in [1.29, 1.82) is 0 Å². The van der Waals surface area contributed by atoms with E-state index in [-0.39, 0.29) is 0 Å². The van der Waals surface area contributed by atoms with Crippen LogP contribution in [0, 0.1) is 5.92 Å². The zero-order chi connectivity index (χ0) is 13.9. The molecule has 0 saturated heterocycles. The van der Waals surface area contributed by atoms with Crippen molar-refractivity contribution < 1.29 is 8.42 Å². The Morgan fingerprint density at radius 2 is 1.89 bits per heavy atom. The smallest absolute Gasteiger partial charge is 0.240 e. The lowest BCUT2D eigenvalue weighted by atomic mass is 10.1. The molecule has 1 aliphatic rings. The second-order valence-electron chi connectivity index (χ2n) is 5.18. The minimum absolute atomic E-state index is 0.319. The zero-order valence-corrected chi connectivity index (χ0v) is 12.3.